The number of benzene rings is 1. The molecule has 1 aromatic rings. The Morgan fingerprint density at radius 3 is 2.53 bits per heavy atom. The molecule has 0 bridgehead atoms. The van der Waals surface area contributed by atoms with E-state index in [1.165, 1.54) is 0 Å². The zero-order valence-corrected chi connectivity index (χ0v) is 11.3. The Hall–Kier alpha value is -1.22. The van der Waals surface area contributed by atoms with Crippen LogP contribution in [0.15, 0.2) is 24.3 Å². The third-order valence-corrected chi connectivity index (χ3v) is 2.49. The van der Waals surface area contributed by atoms with Crippen LogP contribution in [0, 0.1) is 0 Å². The predicted octanol–water partition coefficient (Wildman–Crippen LogP) is 2.98. The van der Waals surface area contributed by atoms with Gasteiger partial charge in [0.2, 0.25) is 0 Å². The highest BCUT2D eigenvalue weighted by atomic mass is 35.5. The van der Waals surface area contributed by atoms with Gasteiger partial charge >= 0.3 is 6.03 Å². The third-order valence-electron chi connectivity index (χ3n) is 2.13. The highest BCUT2D eigenvalue weighted by molar-refractivity contribution is 6.31. The lowest BCUT2D eigenvalue weighted by Crippen LogP contribution is -2.46. The number of hydrogen-bond acceptors (Lipinski definition) is 1. The van der Waals surface area contributed by atoms with Gasteiger partial charge in [-0.05, 0) is 38.8 Å². The Bertz CT molecular complexity index is 385. The minimum atomic E-state index is -0.214. The van der Waals surface area contributed by atoms with E-state index in [1.807, 2.05) is 45.0 Å². The fourth-order valence-electron chi connectivity index (χ4n) is 1.40. The number of urea groups is 1. The molecule has 3 nitrogen and oxygen atoms in total. The lowest BCUT2D eigenvalue weighted by molar-refractivity contribution is 0.232. The van der Waals surface area contributed by atoms with Gasteiger partial charge in [-0.25, -0.2) is 4.79 Å². The van der Waals surface area contributed by atoms with Crippen molar-refractivity contribution >= 4 is 17.6 Å². The molecule has 0 radical (unpaired) electrons. The molecule has 1 rings (SSSR count). The average Bonchev–Trinajstić information content (AvgIpc) is 2.18. The highest BCUT2D eigenvalue weighted by Gasteiger charge is 2.12. The van der Waals surface area contributed by atoms with Crippen molar-refractivity contribution in [2.75, 3.05) is 6.54 Å². The quantitative estimate of drug-likeness (QED) is 0.856. The van der Waals surface area contributed by atoms with Gasteiger partial charge in [-0.1, -0.05) is 29.8 Å². The minimum absolute atomic E-state index is 0.149. The number of carbonyl (C=O) groups is 1. The molecule has 0 unspecified atom stereocenters. The summed E-state index contributed by atoms with van der Waals surface area (Å²) in [6.45, 7) is 6.41. The average molecular weight is 255 g/mol. The lowest BCUT2D eigenvalue weighted by atomic mass is 10.1. The van der Waals surface area contributed by atoms with Crippen molar-refractivity contribution in [1.82, 2.24) is 10.6 Å². The van der Waals surface area contributed by atoms with E-state index in [1.54, 1.807) is 0 Å². The van der Waals surface area contributed by atoms with E-state index in [4.69, 9.17) is 11.6 Å². The van der Waals surface area contributed by atoms with Crippen molar-refractivity contribution in [3.05, 3.63) is 34.9 Å². The van der Waals surface area contributed by atoms with Crippen molar-refractivity contribution in [1.29, 1.82) is 0 Å². The fourth-order valence-corrected chi connectivity index (χ4v) is 1.63. The molecular formula is C13H19ClN2O. The normalized spacial score (nSPS) is 11.1. The Labute approximate surface area is 108 Å². The molecule has 0 aliphatic rings. The van der Waals surface area contributed by atoms with Gasteiger partial charge in [0.1, 0.15) is 0 Å². The first-order valence-corrected chi connectivity index (χ1v) is 6.06. The summed E-state index contributed by atoms with van der Waals surface area (Å²) in [6, 6.07) is 7.50. The molecule has 0 atom stereocenters. The first-order chi connectivity index (χ1) is 7.88. The van der Waals surface area contributed by atoms with Gasteiger partial charge in [-0.15, -0.1) is 0 Å². The molecule has 0 fully saturated rings. The molecular weight excluding hydrogens is 236 g/mol. The molecule has 94 valence electrons. The maximum atomic E-state index is 11.5. The molecule has 0 aliphatic carbocycles. The van der Waals surface area contributed by atoms with E-state index in [0.717, 1.165) is 17.0 Å². The van der Waals surface area contributed by atoms with Crippen LogP contribution in [0.1, 0.15) is 26.3 Å². The maximum Gasteiger partial charge on any atom is 0.315 e. The van der Waals surface area contributed by atoms with Crippen LogP contribution in [0.5, 0.6) is 0 Å². The number of rotatable bonds is 3. The van der Waals surface area contributed by atoms with Crippen molar-refractivity contribution in [2.45, 2.75) is 32.7 Å². The predicted molar refractivity (Wildman–Crippen MR) is 71.4 cm³/mol. The Balaban J connectivity index is 2.34. The Kier molecular flexibility index (Phi) is 4.82. The molecule has 1 aromatic carbocycles. The van der Waals surface area contributed by atoms with Crippen LogP contribution in [-0.2, 0) is 6.42 Å². The molecule has 0 saturated carbocycles. The Morgan fingerprint density at radius 1 is 1.29 bits per heavy atom. The molecule has 0 aliphatic heterocycles. The van der Waals surface area contributed by atoms with E-state index in [9.17, 15) is 4.79 Å². The van der Waals surface area contributed by atoms with E-state index in [-0.39, 0.29) is 11.6 Å². The molecule has 0 spiro atoms. The summed E-state index contributed by atoms with van der Waals surface area (Å²) in [6.07, 6.45) is 0.733. The van der Waals surface area contributed by atoms with Gasteiger partial charge in [-0.2, -0.15) is 0 Å². The number of halogens is 1. The maximum absolute atomic E-state index is 11.5. The van der Waals surface area contributed by atoms with Crippen molar-refractivity contribution in [3.63, 3.8) is 0 Å². The Morgan fingerprint density at radius 2 is 1.94 bits per heavy atom. The molecule has 2 amide bonds. The molecule has 0 aromatic heterocycles. The van der Waals surface area contributed by atoms with Gasteiger partial charge < -0.3 is 10.6 Å². The van der Waals surface area contributed by atoms with Gasteiger partial charge in [0.25, 0.3) is 0 Å². The monoisotopic (exact) mass is 254 g/mol. The summed E-state index contributed by atoms with van der Waals surface area (Å²) in [7, 11) is 0. The number of nitrogens with one attached hydrogen (secondary N) is 2. The molecule has 0 saturated heterocycles. The summed E-state index contributed by atoms with van der Waals surface area (Å²) in [5.41, 5.74) is 0.833. The zero-order valence-electron chi connectivity index (χ0n) is 10.5. The van der Waals surface area contributed by atoms with Crippen LogP contribution < -0.4 is 10.6 Å². The molecule has 17 heavy (non-hydrogen) atoms. The second kappa shape index (κ2) is 5.92. The fraction of sp³-hybridized carbons (Fsp3) is 0.462. The summed E-state index contributed by atoms with van der Waals surface area (Å²) < 4.78 is 0. The zero-order chi connectivity index (χ0) is 12.9. The van der Waals surface area contributed by atoms with E-state index < -0.39 is 0 Å². The van der Waals surface area contributed by atoms with Gasteiger partial charge in [-0.3, -0.25) is 0 Å². The van der Waals surface area contributed by atoms with Gasteiger partial charge in [0, 0.05) is 17.1 Å². The van der Waals surface area contributed by atoms with Crippen LogP contribution in [0.25, 0.3) is 0 Å². The first kappa shape index (κ1) is 13.8. The second-order valence-electron chi connectivity index (χ2n) is 4.97. The standard InChI is InChI=1S/C13H19ClN2O/c1-13(2,3)16-12(17)15-9-8-10-6-4-5-7-11(10)14/h4-7H,8-9H2,1-3H3,(H2,15,16,17). The largest absolute Gasteiger partial charge is 0.338 e. The van der Waals surface area contributed by atoms with Gasteiger partial charge in [0.15, 0.2) is 0 Å². The summed E-state index contributed by atoms with van der Waals surface area (Å²) in [4.78, 5) is 11.5. The van der Waals surface area contributed by atoms with Crippen molar-refractivity contribution < 1.29 is 4.79 Å². The lowest BCUT2D eigenvalue weighted by Gasteiger charge is -2.20. The molecule has 4 heteroatoms. The second-order valence-corrected chi connectivity index (χ2v) is 5.38. The third kappa shape index (κ3) is 5.59. The van der Waals surface area contributed by atoms with Gasteiger partial charge in [0.05, 0.1) is 0 Å². The van der Waals surface area contributed by atoms with E-state index in [2.05, 4.69) is 10.6 Å². The summed E-state index contributed by atoms with van der Waals surface area (Å²) >= 11 is 6.02. The van der Waals surface area contributed by atoms with Crippen LogP contribution in [0.4, 0.5) is 4.79 Å². The van der Waals surface area contributed by atoms with Crippen LogP contribution in [0.3, 0.4) is 0 Å². The van der Waals surface area contributed by atoms with Crippen molar-refractivity contribution in [2.24, 2.45) is 0 Å². The smallest absolute Gasteiger partial charge is 0.315 e. The van der Waals surface area contributed by atoms with E-state index >= 15 is 0 Å². The van der Waals surface area contributed by atoms with Crippen LogP contribution in [0.2, 0.25) is 5.02 Å². The number of amides is 2. The molecule has 2 N–H and O–H groups in total. The van der Waals surface area contributed by atoms with Crippen LogP contribution in [-0.4, -0.2) is 18.1 Å². The van der Waals surface area contributed by atoms with Crippen LogP contribution >= 0.6 is 11.6 Å². The highest BCUT2D eigenvalue weighted by Crippen LogP contribution is 2.14. The summed E-state index contributed by atoms with van der Waals surface area (Å²) in [5, 5.41) is 6.38. The molecule has 0 heterocycles. The summed E-state index contributed by atoms with van der Waals surface area (Å²) in [5.74, 6) is 0. The van der Waals surface area contributed by atoms with Crippen molar-refractivity contribution in [3.8, 4) is 0 Å². The topological polar surface area (TPSA) is 41.1 Å². The SMILES string of the molecule is CC(C)(C)NC(=O)NCCc1ccccc1Cl. The minimum Gasteiger partial charge on any atom is -0.338 e. The first-order valence-electron chi connectivity index (χ1n) is 5.68. The van der Waals surface area contributed by atoms with E-state index in [0.29, 0.717) is 6.54 Å². The number of hydrogen-bond donors (Lipinski definition) is 2. The number of carbonyl (C=O) groups excluding carboxylic acids is 1.